The number of hydrogen-bond donors (Lipinski definition) is 1. The SMILES string of the molecule is CC(C)CN1CCCCC(N)C1c1cccc(Cl)c1F. The first-order valence-corrected chi connectivity index (χ1v) is 7.82. The Morgan fingerprint density at radius 1 is 1.40 bits per heavy atom. The van der Waals surface area contributed by atoms with Crippen LogP contribution in [0.25, 0.3) is 0 Å². The summed E-state index contributed by atoms with van der Waals surface area (Å²) >= 11 is 5.94. The molecule has 2 atom stereocenters. The van der Waals surface area contributed by atoms with Crippen molar-refractivity contribution in [2.75, 3.05) is 13.1 Å². The first-order chi connectivity index (χ1) is 9.50. The van der Waals surface area contributed by atoms with Crippen molar-refractivity contribution in [1.29, 1.82) is 0 Å². The number of benzene rings is 1. The number of nitrogens with two attached hydrogens (primary N) is 1. The molecule has 1 heterocycles. The van der Waals surface area contributed by atoms with Gasteiger partial charge in [0, 0.05) is 18.2 Å². The predicted octanol–water partition coefficient (Wildman–Crippen LogP) is 3.99. The number of hydrogen-bond acceptors (Lipinski definition) is 2. The van der Waals surface area contributed by atoms with Crippen molar-refractivity contribution in [3.05, 3.63) is 34.6 Å². The van der Waals surface area contributed by atoms with E-state index < -0.39 is 0 Å². The molecule has 0 aliphatic carbocycles. The third kappa shape index (κ3) is 3.51. The second kappa shape index (κ2) is 6.88. The lowest BCUT2D eigenvalue weighted by Gasteiger charge is -2.35. The lowest BCUT2D eigenvalue weighted by Crippen LogP contribution is -2.41. The molecule has 1 aliphatic heterocycles. The zero-order chi connectivity index (χ0) is 14.7. The standard InChI is InChI=1S/C16H24ClFN2/c1-11(2)10-20-9-4-3-8-14(19)16(20)12-6-5-7-13(17)15(12)18/h5-7,11,14,16H,3-4,8-10,19H2,1-2H3. The summed E-state index contributed by atoms with van der Waals surface area (Å²) < 4.78 is 14.4. The fourth-order valence-corrected chi connectivity index (χ4v) is 3.29. The van der Waals surface area contributed by atoms with Gasteiger partial charge in [-0.15, -0.1) is 0 Å². The van der Waals surface area contributed by atoms with Crippen molar-refractivity contribution < 1.29 is 4.39 Å². The van der Waals surface area contributed by atoms with Gasteiger partial charge in [0.2, 0.25) is 0 Å². The number of nitrogens with zero attached hydrogens (tertiary/aromatic N) is 1. The largest absolute Gasteiger partial charge is 0.326 e. The van der Waals surface area contributed by atoms with Crippen LogP contribution in [0.2, 0.25) is 5.02 Å². The van der Waals surface area contributed by atoms with Crippen LogP contribution in [0.1, 0.15) is 44.7 Å². The van der Waals surface area contributed by atoms with E-state index >= 15 is 0 Å². The van der Waals surface area contributed by atoms with Crippen LogP contribution < -0.4 is 5.73 Å². The highest BCUT2D eigenvalue weighted by molar-refractivity contribution is 6.30. The molecule has 2 N–H and O–H groups in total. The summed E-state index contributed by atoms with van der Waals surface area (Å²) in [5, 5.41) is 0.184. The van der Waals surface area contributed by atoms with E-state index in [9.17, 15) is 4.39 Å². The normalized spacial score (nSPS) is 24.9. The van der Waals surface area contributed by atoms with E-state index in [1.165, 1.54) is 0 Å². The topological polar surface area (TPSA) is 29.3 Å². The molecular formula is C16H24ClFN2. The highest BCUT2D eigenvalue weighted by atomic mass is 35.5. The van der Waals surface area contributed by atoms with Gasteiger partial charge in [-0.3, -0.25) is 4.90 Å². The van der Waals surface area contributed by atoms with Crippen LogP contribution in [0.3, 0.4) is 0 Å². The molecule has 1 aromatic rings. The highest BCUT2D eigenvalue weighted by Crippen LogP contribution is 2.33. The molecule has 1 fully saturated rings. The molecular weight excluding hydrogens is 275 g/mol. The van der Waals surface area contributed by atoms with Gasteiger partial charge in [0.05, 0.1) is 11.1 Å². The van der Waals surface area contributed by atoms with E-state index in [2.05, 4.69) is 18.7 Å². The maximum atomic E-state index is 14.4. The van der Waals surface area contributed by atoms with Crippen LogP contribution in [-0.4, -0.2) is 24.0 Å². The maximum Gasteiger partial charge on any atom is 0.146 e. The van der Waals surface area contributed by atoms with Crippen LogP contribution in [-0.2, 0) is 0 Å². The molecule has 0 spiro atoms. The monoisotopic (exact) mass is 298 g/mol. The van der Waals surface area contributed by atoms with Crippen LogP contribution in [0.5, 0.6) is 0 Å². The lowest BCUT2D eigenvalue weighted by atomic mass is 9.95. The molecule has 0 amide bonds. The van der Waals surface area contributed by atoms with E-state index in [1.54, 1.807) is 6.07 Å². The Labute approximate surface area is 126 Å². The van der Waals surface area contributed by atoms with Crippen molar-refractivity contribution >= 4 is 11.6 Å². The third-order valence-corrected chi connectivity index (χ3v) is 4.22. The molecule has 0 radical (unpaired) electrons. The van der Waals surface area contributed by atoms with E-state index in [1.807, 2.05) is 12.1 Å². The van der Waals surface area contributed by atoms with Gasteiger partial charge in [-0.05, 0) is 31.4 Å². The van der Waals surface area contributed by atoms with Crippen LogP contribution in [0, 0.1) is 11.7 Å². The van der Waals surface area contributed by atoms with Gasteiger partial charge in [-0.2, -0.15) is 0 Å². The summed E-state index contributed by atoms with van der Waals surface area (Å²) in [7, 11) is 0. The fraction of sp³-hybridized carbons (Fsp3) is 0.625. The van der Waals surface area contributed by atoms with E-state index in [-0.39, 0.29) is 22.9 Å². The molecule has 1 aliphatic rings. The van der Waals surface area contributed by atoms with Gasteiger partial charge in [-0.25, -0.2) is 4.39 Å². The Hall–Kier alpha value is -0.640. The Morgan fingerprint density at radius 3 is 2.85 bits per heavy atom. The minimum atomic E-state index is -0.315. The van der Waals surface area contributed by atoms with Gasteiger partial charge in [0.25, 0.3) is 0 Å². The first kappa shape index (κ1) is 15.7. The molecule has 0 bridgehead atoms. The average Bonchev–Trinajstić information content (AvgIpc) is 2.55. The second-order valence-corrected chi connectivity index (χ2v) is 6.54. The second-order valence-electron chi connectivity index (χ2n) is 6.14. The summed E-state index contributed by atoms with van der Waals surface area (Å²) in [5.74, 6) is 0.218. The zero-order valence-corrected chi connectivity index (χ0v) is 13.0. The van der Waals surface area contributed by atoms with Crippen molar-refractivity contribution in [2.24, 2.45) is 11.7 Å². The minimum absolute atomic E-state index is 0.0378. The van der Waals surface area contributed by atoms with Gasteiger partial charge < -0.3 is 5.73 Å². The molecule has 1 saturated heterocycles. The summed E-state index contributed by atoms with van der Waals surface area (Å²) in [6, 6.07) is 5.12. The Balaban J connectivity index is 2.37. The molecule has 0 aromatic heterocycles. The van der Waals surface area contributed by atoms with Crippen molar-refractivity contribution in [3.63, 3.8) is 0 Å². The molecule has 2 unspecified atom stereocenters. The average molecular weight is 299 g/mol. The van der Waals surface area contributed by atoms with E-state index in [0.717, 1.165) is 32.4 Å². The highest BCUT2D eigenvalue weighted by Gasteiger charge is 2.31. The Bertz CT molecular complexity index is 450. The molecule has 2 nitrogen and oxygen atoms in total. The maximum absolute atomic E-state index is 14.4. The van der Waals surface area contributed by atoms with Crippen molar-refractivity contribution in [1.82, 2.24) is 4.90 Å². The zero-order valence-electron chi connectivity index (χ0n) is 12.3. The lowest BCUT2D eigenvalue weighted by molar-refractivity contribution is 0.162. The van der Waals surface area contributed by atoms with Crippen LogP contribution >= 0.6 is 11.6 Å². The Kier molecular flexibility index (Phi) is 5.42. The van der Waals surface area contributed by atoms with Crippen molar-refractivity contribution in [3.8, 4) is 0 Å². The van der Waals surface area contributed by atoms with Gasteiger partial charge in [0.1, 0.15) is 5.82 Å². The quantitative estimate of drug-likeness (QED) is 0.914. The number of rotatable bonds is 3. The molecule has 1 aromatic carbocycles. The van der Waals surface area contributed by atoms with Crippen LogP contribution in [0.4, 0.5) is 4.39 Å². The summed E-state index contributed by atoms with van der Waals surface area (Å²) in [6.07, 6.45) is 3.17. The minimum Gasteiger partial charge on any atom is -0.326 e. The number of halogens is 2. The molecule has 20 heavy (non-hydrogen) atoms. The predicted molar refractivity (Wildman–Crippen MR) is 82.4 cm³/mol. The molecule has 4 heteroatoms. The summed E-state index contributed by atoms with van der Waals surface area (Å²) in [5.41, 5.74) is 6.99. The smallest absolute Gasteiger partial charge is 0.146 e. The first-order valence-electron chi connectivity index (χ1n) is 7.44. The third-order valence-electron chi connectivity index (χ3n) is 3.93. The van der Waals surface area contributed by atoms with Gasteiger partial charge >= 0.3 is 0 Å². The molecule has 2 rings (SSSR count). The molecule has 112 valence electrons. The molecule has 0 saturated carbocycles. The Morgan fingerprint density at radius 2 is 2.15 bits per heavy atom. The van der Waals surface area contributed by atoms with Gasteiger partial charge in [0.15, 0.2) is 0 Å². The van der Waals surface area contributed by atoms with Crippen LogP contribution in [0.15, 0.2) is 18.2 Å². The van der Waals surface area contributed by atoms with E-state index in [4.69, 9.17) is 17.3 Å². The fourth-order valence-electron chi connectivity index (χ4n) is 3.11. The number of likely N-dealkylation sites (tertiary alicyclic amines) is 1. The summed E-state index contributed by atoms with van der Waals surface area (Å²) in [4.78, 5) is 2.33. The van der Waals surface area contributed by atoms with Gasteiger partial charge in [-0.1, -0.05) is 44.0 Å². The van der Waals surface area contributed by atoms with Crippen molar-refractivity contribution in [2.45, 2.75) is 45.2 Å². The summed E-state index contributed by atoms with van der Waals surface area (Å²) in [6.45, 7) is 6.27. The van der Waals surface area contributed by atoms with E-state index in [0.29, 0.717) is 11.5 Å².